The fourth-order valence-corrected chi connectivity index (χ4v) is 1.80. The van der Waals surface area contributed by atoms with Crippen LogP contribution in [0.2, 0.25) is 0 Å². The van der Waals surface area contributed by atoms with Crippen LogP contribution in [0.25, 0.3) is 0 Å². The molecule has 88 valence electrons. The standard InChI is InChI=1S/C10H21N3O2/c1-8(9(11)12-15)7-13-5-3-10(2,14)4-6-13/h8,14-15H,3-7H2,1-2H3,(H2,11,12). The number of likely N-dealkylation sites (tertiary alicyclic amines) is 1. The van der Waals surface area contributed by atoms with Gasteiger partial charge < -0.3 is 20.9 Å². The molecule has 1 fully saturated rings. The Kier molecular flexibility index (Phi) is 3.93. The fourth-order valence-electron chi connectivity index (χ4n) is 1.80. The number of nitrogens with zero attached hydrogens (tertiary/aromatic N) is 2. The summed E-state index contributed by atoms with van der Waals surface area (Å²) in [5.74, 6) is 0.324. The topological polar surface area (TPSA) is 82.1 Å². The highest BCUT2D eigenvalue weighted by Gasteiger charge is 2.28. The van der Waals surface area contributed by atoms with E-state index in [0.717, 1.165) is 32.5 Å². The van der Waals surface area contributed by atoms with Crippen molar-refractivity contribution in [2.45, 2.75) is 32.3 Å². The second-order valence-corrected chi connectivity index (χ2v) is 4.72. The predicted octanol–water partition coefficient (Wildman–Crippen LogP) is 0.216. The fraction of sp³-hybridized carbons (Fsp3) is 0.900. The van der Waals surface area contributed by atoms with E-state index >= 15 is 0 Å². The molecule has 4 N–H and O–H groups in total. The number of hydrogen-bond donors (Lipinski definition) is 3. The summed E-state index contributed by atoms with van der Waals surface area (Å²) in [6, 6.07) is 0. The van der Waals surface area contributed by atoms with Crippen molar-refractivity contribution in [2.24, 2.45) is 16.8 Å². The summed E-state index contributed by atoms with van der Waals surface area (Å²) in [4.78, 5) is 2.24. The SMILES string of the molecule is CC(CN1CCC(C)(O)CC1)C(N)=NO. The maximum absolute atomic E-state index is 9.77. The van der Waals surface area contributed by atoms with E-state index in [1.54, 1.807) is 0 Å². The highest BCUT2D eigenvalue weighted by molar-refractivity contribution is 5.82. The summed E-state index contributed by atoms with van der Waals surface area (Å²) in [6.07, 6.45) is 1.58. The van der Waals surface area contributed by atoms with Crippen LogP contribution in [-0.2, 0) is 0 Å². The van der Waals surface area contributed by atoms with Crippen molar-refractivity contribution in [3.8, 4) is 0 Å². The van der Waals surface area contributed by atoms with Crippen LogP contribution in [0.15, 0.2) is 5.16 Å². The van der Waals surface area contributed by atoms with Crippen molar-refractivity contribution in [3.63, 3.8) is 0 Å². The lowest BCUT2D eigenvalue weighted by Gasteiger charge is -2.36. The minimum atomic E-state index is -0.518. The summed E-state index contributed by atoms with van der Waals surface area (Å²) in [5, 5.41) is 21.3. The molecule has 0 aromatic rings. The van der Waals surface area contributed by atoms with Gasteiger partial charge in [-0.05, 0) is 19.8 Å². The van der Waals surface area contributed by atoms with E-state index < -0.39 is 5.60 Å². The normalized spacial score (nSPS) is 25.1. The van der Waals surface area contributed by atoms with Gasteiger partial charge in [-0.15, -0.1) is 0 Å². The lowest BCUT2D eigenvalue weighted by atomic mass is 9.93. The summed E-state index contributed by atoms with van der Waals surface area (Å²) in [7, 11) is 0. The maximum Gasteiger partial charge on any atom is 0.143 e. The molecule has 0 aromatic carbocycles. The lowest BCUT2D eigenvalue weighted by Crippen LogP contribution is -2.45. The first-order valence-electron chi connectivity index (χ1n) is 5.37. The number of rotatable bonds is 3. The molecule has 0 radical (unpaired) electrons. The second-order valence-electron chi connectivity index (χ2n) is 4.72. The van der Waals surface area contributed by atoms with Crippen molar-refractivity contribution in [2.75, 3.05) is 19.6 Å². The average molecular weight is 215 g/mol. The Balaban J connectivity index is 2.36. The number of piperidine rings is 1. The van der Waals surface area contributed by atoms with Crippen molar-refractivity contribution in [1.29, 1.82) is 0 Å². The van der Waals surface area contributed by atoms with Gasteiger partial charge in [-0.3, -0.25) is 0 Å². The Hall–Kier alpha value is -0.810. The van der Waals surface area contributed by atoms with E-state index in [2.05, 4.69) is 10.1 Å². The van der Waals surface area contributed by atoms with Crippen LogP contribution < -0.4 is 5.73 Å². The smallest absolute Gasteiger partial charge is 0.143 e. The molecule has 15 heavy (non-hydrogen) atoms. The van der Waals surface area contributed by atoms with Gasteiger partial charge in [0.15, 0.2) is 0 Å². The Bertz CT molecular complexity index is 231. The molecule has 0 spiro atoms. The Morgan fingerprint density at radius 3 is 2.53 bits per heavy atom. The third-order valence-electron chi connectivity index (χ3n) is 3.09. The maximum atomic E-state index is 9.77. The van der Waals surface area contributed by atoms with Crippen LogP contribution in [0.3, 0.4) is 0 Å². The van der Waals surface area contributed by atoms with E-state index in [1.165, 1.54) is 0 Å². The van der Waals surface area contributed by atoms with Crippen LogP contribution in [0.5, 0.6) is 0 Å². The van der Waals surface area contributed by atoms with Gasteiger partial charge in [0.25, 0.3) is 0 Å². The third-order valence-corrected chi connectivity index (χ3v) is 3.09. The van der Waals surface area contributed by atoms with Crippen molar-refractivity contribution >= 4 is 5.84 Å². The predicted molar refractivity (Wildman–Crippen MR) is 58.9 cm³/mol. The minimum Gasteiger partial charge on any atom is -0.409 e. The van der Waals surface area contributed by atoms with Gasteiger partial charge in [0.1, 0.15) is 5.84 Å². The highest BCUT2D eigenvalue weighted by atomic mass is 16.4. The lowest BCUT2D eigenvalue weighted by molar-refractivity contribution is -0.00662. The van der Waals surface area contributed by atoms with Crippen molar-refractivity contribution in [3.05, 3.63) is 0 Å². The molecular weight excluding hydrogens is 194 g/mol. The first-order chi connectivity index (χ1) is 6.94. The highest BCUT2D eigenvalue weighted by Crippen LogP contribution is 2.21. The molecule has 1 aliphatic rings. The molecule has 0 amide bonds. The Morgan fingerprint density at radius 1 is 1.53 bits per heavy atom. The molecule has 1 rings (SSSR count). The molecule has 0 bridgehead atoms. The van der Waals surface area contributed by atoms with Crippen LogP contribution in [0.1, 0.15) is 26.7 Å². The Labute approximate surface area is 90.6 Å². The molecule has 1 aliphatic heterocycles. The molecule has 1 atom stereocenters. The van der Waals surface area contributed by atoms with Crippen LogP contribution in [0.4, 0.5) is 0 Å². The summed E-state index contributed by atoms with van der Waals surface area (Å²) in [5.41, 5.74) is 4.99. The van der Waals surface area contributed by atoms with E-state index in [1.807, 2.05) is 13.8 Å². The molecule has 0 aliphatic carbocycles. The number of aliphatic hydroxyl groups is 1. The van der Waals surface area contributed by atoms with Crippen LogP contribution in [-0.4, -0.2) is 46.3 Å². The van der Waals surface area contributed by atoms with Gasteiger partial charge in [0.05, 0.1) is 5.60 Å². The Morgan fingerprint density at radius 2 is 2.07 bits per heavy atom. The summed E-state index contributed by atoms with van der Waals surface area (Å²) < 4.78 is 0. The number of oxime groups is 1. The number of amidine groups is 1. The minimum absolute atomic E-state index is 0.0537. The first-order valence-corrected chi connectivity index (χ1v) is 5.37. The zero-order valence-corrected chi connectivity index (χ0v) is 9.48. The zero-order chi connectivity index (χ0) is 11.5. The van der Waals surface area contributed by atoms with Crippen LogP contribution >= 0.6 is 0 Å². The third kappa shape index (κ3) is 3.68. The molecule has 0 saturated carbocycles. The van der Waals surface area contributed by atoms with Crippen molar-refractivity contribution < 1.29 is 10.3 Å². The molecule has 1 saturated heterocycles. The molecule has 1 heterocycles. The van der Waals surface area contributed by atoms with Gasteiger partial charge in [-0.25, -0.2) is 0 Å². The molecule has 5 nitrogen and oxygen atoms in total. The van der Waals surface area contributed by atoms with Gasteiger partial charge >= 0.3 is 0 Å². The number of hydrogen-bond acceptors (Lipinski definition) is 4. The molecule has 5 heteroatoms. The van der Waals surface area contributed by atoms with Gasteiger partial charge in [-0.2, -0.15) is 0 Å². The molecule has 0 aromatic heterocycles. The van der Waals surface area contributed by atoms with Gasteiger partial charge in [0.2, 0.25) is 0 Å². The quantitative estimate of drug-likeness (QED) is 0.272. The molecule has 1 unspecified atom stereocenters. The number of nitrogens with two attached hydrogens (primary N) is 1. The van der Waals surface area contributed by atoms with E-state index in [-0.39, 0.29) is 11.8 Å². The largest absolute Gasteiger partial charge is 0.409 e. The van der Waals surface area contributed by atoms with Crippen molar-refractivity contribution in [1.82, 2.24) is 4.90 Å². The van der Waals surface area contributed by atoms with Gasteiger partial charge in [0, 0.05) is 25.6 Å². The van der Waals surface area contributed by atoms with Gasteiger partial charge in [-0.1, -0.05) is 12.1 Å². The average Bonchev–Trinajstić information content (AvgIpc) is 2.20. The van der Waals surface area contributed by atoms with E-state index in [9.17, 15) is 5.11 Å². The zero-order valence-electron chi connectivity index (χ0n) is 9.48. The monoisotopic (exact) mass is 215 g/mol. The van der Waals surface area contributed by atoms with E-state index in [4.69, 9.17) is 10.9 Å². The van der Waals surface area contributed by atoms with Crippen LogP contribution in [0, 0.1) is 5.92 Å². The summed E-state index contributed by atoms with van der Waals surface area (Å²) in [6.45, 7) is 6.33. The first kappa shape index (κ1) is 12.3. The van der Waals surface area contributed by atoms with E-state index in [0.29, 0.717) is 0 Å². The second kappa shape index (κ2) is 4.81. The molecular formula is C10H21N3O2. The summed E-state index contributed by atoms with van der Waals surface area (Å²) >= 11 is 0.